The number of carbonyl (C=O) groups excluding carboxylic acids is 4. The van der Waals surface area contributed by atoms with Crippen LogP contribution in [0.25, 0.3) is 11.1 Å². The molecule has 6 rings (SSSR count). The Kier molecular flexibility index (Phi) is 6.28. The Bertz CT molecular complexity index is 1510. The molecule has 4 atom stereocenters. The zero-order valence-corrected chi connectivity index (χ0v) is 26.6. The molecule has 10 heteroatoms. The first-order valence-electron chi connectivity index (χ1n) is 15.0. The lowest BCUT2D eigenvalue weighted by Gasteiger charge is -2.35. The van der Waals surface area contributed by atoms with Gasteiger partial charge in [0.15, 0.2) is 11.2 Å². The number of amides is 2. The number of rotatable bonds is 7. The van der Waals surface area contributed by atoms with Crippen LogP contribution >= 0.6 is 0 Å². The summed E-state index contributed by atoms with van der Waals surface area (Å²) in [7, 11) is 3.03. The van der Waals surface area contributed by atoms with Crippen molar-refractivity contribution in [2.45, 2.75) is 78.4 Å². The van der Waals surface area contributed by atoms with E-state index in [0.29, 0.717) is 48.6 Å². The molecule has 2 heterocycles. The van der Waals surface area contributed by atoms with Gasteiger partial charge in [-0.1, -0.05) is 39.8 Å². The van der Waals surface area contributed by atoms with Crippen molar-refractivity contribution in [3.8, 4) is 22.6 Å². The van der Waals surface area contributed by atoms with Crippen LogP contribution in [0.2, 0.25) is 0 Å². The van der Waals surface area contributed by atoms with E-state index in [9.17, 15) is 19.2 Å². The molecule has 2 saturated heterocycles. The first-order chi connectivity index (χ1) is 20.5. The first-order valence-corrected chi connectivity index (χ1v) is 15.0. The molecule has 2 aliphatic heterocycles. The van der Waals surface area contributed by atoms with Crippen LogP contribution in [-0.2, 0) is 28.7 Å². The minimum atomic E-state index is -1.25. The normalized spacial score (nSPS) is 32.2. The highest BCUT2D eigenvalue weighted by atomic mass is 16.6. The SMILES string of the molecule is COc1cc(-c2ccc(NC(=O)[C@]34CC[C@](C)(C(=O)O3)C4(C)C)c(OC)c2)ccc1NC(=O)[C@]12CC[C@](C)(C(=O)O1)C2(C)C. The van der Waals surface area contributed by atoms with Crippen molar-refractivity contribution in [2.24, 2.45) is 21.7 Å². The van der Waals surface area contributed by atoms with Crippen LogP contribution in [0.5, 0.6) is 11.5 Å². The number of anilines is 2. The molecule has 2 amide bonds. The zero-order chi connectivity index (χ0) is 32.1. The van der Waals surface area contributed by atoms with E-state index in [1.54, 1.807) is 24.3 Å². The Balaban J connectivity index is 1.24. The molecule has 44 heavy (non-hydrogen) atoms. The second kappa shape index (κ2) is 9.22. The van der Waals surface area contributed by atoms with Gasteiger partial charge in [0.1, 0.15) is 11.5 Å². The van der Waals surface area contributed by atoms with Crippen molar-refractivity contribution in [2.75, 3.05) is 24.9 Å². The molecule has 0 aromatic heterocycles. The third kappa shape index (κ3) is 3.48. The second-order valence-electron chi connectivity index (χ2n) is 14.1. The molecule has 0 unspecified atom stereocenters. The van der Waals surface area contributed by atoms with E-state index < -0.39 is 32.9 Å². The number of ether oxygens (including phenoxy) is 4. The summed E-state index contributed by atoms with van der Waals surface area (Å²) in [6.07, 6.45) is 2.09. The topological polar surface area (TPSA) is 129 Å². The highest BCUT2D eigenvalue weighted by molar-refractivity contribution is 6.05. The van der Waals surface area contributed by atoms with E-state index in [1.165, 1.54) is 14.2 Å². The van der Waals surface area contributed by atoms with Crippen molar-refractivity contribution >= 4 is 35.1 Å². The maximum Gasteiger partial charge on any atom is 0.313 e. The van der Waals surface area contributed by atoms with E-state index in [0.717, 1.165) is 11.1 Å². The Labute approximate surface area is 257 Å². The number of esters is 2. The van der Waals surface area contributed by atoms with Crippen molar-refractivity contribution in [1.82, 2.24) is 0 Å². The van der Waals surface area contributed by atoms with Gasteiger partial charge in [-0.3, -0.25) is 19.2 Å². The maximum atomic E-state index is 13.6. The van der Waals surface area contributed by atoms with Crippen molar-refractivity contribution in [1.29, 1.82) is 0 Å². The summed E-state index contributed by atoms with van der Waals surface area (Å²) in [4.78, 5) is 52.6. The lowest BCUT2D eigenvalue weighted by atomic mass is 9.66. The molecule has 4 bridgehead atoms. The summed E-state index contributed by atoms with van der Waals surface area (Å²) >= 11 is 0. The van der Waals surface area contributed by atoms with Crippen LogP contribution in [0.1, 0.15) is 67.2 Å². The van der Waals surface area contributed by atoms with Gasteiger partial charge in [0.25, 0.3) is 11.8 Å². The molecule has 2 saturated carbocycles. The van der Waals surface area contributed by atoms with Crippen LogP contribution in [0.15, 0.2) is 36.4 Å². The monoisotopic (exact) mass is 604 g/mol. The van der Waals surface area contributed by atoms with Crippen LogP contribution in [0, 0.1) is 21.7 Å². The van der Waals surface area contributed by atoms with Gasteiger partial charge in [-0.15, -0.1) is 0 Å². The Morgan fingerprint density at radius 2 is 1.00 bits per heavy atom. The smallest absolute Gasteiger partial charge is 0.313 e. The molecule has 4 fully saturated rings. The molecule has 2 aliphatic carbocycles. The zero-order valence-electron chi connectivity index (χ0n) is 26.6. The second-order valence-corrected chi connectivity index (χ2v) is 14.1. The average molecular weight is 605 g/mol. The summed E-state index contributed by atoms with van der Waals surface area (Å²) in [6, 6.07) is 10.8. The number of methoxy groups -OCH3 is 2. The molecular weight excluding hydrogens is 564 g/mol. The number of hydrogen-bond donors (Lipinski definition) is 2. The summed E-state index contributed by atoms with van der Waals surface area (Å²) in [5.74, 6) is -0.560. The van der Waals surface area contributed by atoms with E-state index in [4.69, 9.17) is 18.9 Å². The largest absolute Gasteiger partial charge is 0.495 e. The maximum absolute atomic E-state index is 13.6. The van der Waals surface area contributed by atoms with E-state index in [-0.39, 0.29) is 23.8 Å². The van der Waals surface area contributed by atoms with Gasteiger partial charge < -0.3 is 29.6 Å². The van der Waals surface area contributed by atoms with E-state index in [1.807, 2.05) is 53.7 Å². The summed E-state index contributed by atoms with van der Waals surface area (Å²) < 4.78 is 22.8. The van der Waals surface area contributed by atoms with Gasteiger partial charge in [-0.05, 0) is 74.9 Å². The van der Waals surface area contributed by atoms with Gasteiger partial charge in [-0.2, -0.15) is 0 Å². The van der Waals surface area contributed by atoms with Crippen LogP contribution in [0.4, 0.5) is 11.4 Å². The van der Waals surface area contributed by atoms with Gasteiger partial charge in [-0.25, -0.2) is 0 Å². The van der Waals surface area contributed by atoms with Gasteiger partial charge in [0, 0.05) is 10.8 Å². The minimum Gasteiger partial charge on any atom is -0.495 e. The summed E-state index contributed by atoms with van der Waals surface area (Å²) in [5, 5.41) is 5.90. The van der Waals surface area contributed by atoms with Crippen LogP contribution < -0.4 is 20.1 Å². The molecule has 2 aromatic rings. The Morgan fingerprint density at radius 1 is 0.636 bits per heavy atom. The number of hydrogen-bond acceptors (Lipinski definition) is 8. The van der Waals surface area contributed by atoms with Crippen molar-refractivity contribution in [3.63, 3.8) is 0 Å². The minimum absolute atomic E-state index is 0.339. The van der Waals surface area contributed by atoms with Gasteiger partial charge in [0.2, 0.25) is 0 Å². The number of nitrogens with one attached hydrogen (secondary N) is 2. The molecule has 0 radical (unpaired) electrons. The fourth-order valence-corrected chi connectivity index (χ4v) is 7.89. The standard InChI is InChI=1S/C34H40N2O8/c1-29(2)31(5)13-15-33(29,43-27(31)39)25(37)35-21-11-9-19(17-23(21)41-7)20-10-12-22(24(18-20)42-8)36-26(38)34-16-14-32(6,28(40)44-34)30(34,3)4/h9-12,17-18H,13-16H2,1-8H3,(H,35,37)(H,36,38)/t31-,32-,33+,34+/m1/s1. The highest BCUT2D eigenvalue weighted by Crippen LogP contribution is 2.67. The third-order valence-electron chi connectivity index (χ3n) is 12.1. The lowest BCUT2D eigenvalue weighted by molar-refractivity contribution is -0.166. The predicted molar refractivity (Wildman–Crippen MR) is 162 cm³/mol. The molecule has 10 nitrogen and oxygen atoms in total. The van der Waals surface area contributed by atoms with E-state index in [2.05, 4.69) is 10.6 Å². The quantitative estimate of drug-likeness (QED) is 0.397. The van der Waals surface area contributed by atoms with Crippen LogP contribution in [-0.4, -0.2) is 49.2 Å². The average Bonchev–Trinajstić information content (AvgIpc) is 3.45. The Morgan fingerprint density at radius 3 is 1.27 bits per heavy atom. The third-order valence-corrected chi connectivity index (χ3v) is 12.1. The summed E-state index contributed by atoms with van der Waals surface area (Å²) in [6.45, 7) is 11.4. The highest BCUT2D eigenvalue weighted by Gasteiger charge is 2.76. The fraction of sp³-hybridized carbons (Fsp3) is 0.529. The lowest BCUT2D eigenvalue weighted by Crippen LogP contribution is -2.50. The first kappa shape index (κ1) is 30.0. The molecule has 2 aromatic carbocycles. The van der Waals surface area contributed by atoms with Crippen molar-refractivity contribution in [3.05, 3.63) is 36.4 Å². The Hall–Kier alpha value is -4.08. The molecule has 234 valence electrons. The molecule has 0 spiro atoms. The van der Waals surface area contributed by atoms with Gasteiger partial charge >= 0.3 is 11.9 Å². The predicted octanol–water partition coefficient (Wildman–Crippen LogP) is 5.49. The summed E-state index contributed by atoms with van der Waals surface area (Å²) in [5.41, 5.74) is -2.79. The van der Waals surface area contributed by atoms with Gasteiger partial charge in [0.05, 0.1) is 36.4 Å². The molecule has 2 N–H and O–H groups in total. The molecule has 4 aliphatic rings. The number of fused-ring (bicyclic) bond motifs is 4. The number of benzene rings is 2. The number of carbonyl (C=O) groups is 4. The van der Waals surface area contributed by atoms with E-state index >= 15 is 0 Å². The van der Waals surface area contributed by atoms with Crippen LogP contribution in [0.3, 0.4) is 0 Å². The van der Waals surface area contributed by atoms with Crippen molar-refractivity contribution < 1.29 is 38.1 Å². The fourth-order valence-electron chi connectivity index (χ4n) is 7.89. The molecular formula is C34H40N2O8.